The van der Waals surface area contributed by atoms with E-state index in [0.29, 0.717) is 25.3 Å². The number of para-hydroxylation sites is 1. The van der Waals surface area contributed by atoms with Crippen molar-refractivity contribution in [3.63, 3.8) is 0 Å². The number of hydrogen-bond donors (Lipinski definition) is 1. The number of ether oxygens (including phenoxy) is 1. The maximum atomic E-state index is 13.2. The molecule has 3 nitrogen and oxygen atoms in total. The molecule has 1 aromatic rings. The summed E-state index contributed by atoms with van der Waals surface area (Å²) in [7, 11) is 0. The van der Waals surface area contributed by atoms with Crippen molar-refractivity contribution in [3.05, 3.63) is 30.1 Å². The van der Waals surface area contributed by atoms with Crippen LogP contribution in [-0.4, -0.2) is 19.1 Å². The minimum Gasteiger partial charge on any atom is -0.466 e. The number of benzene rings is 1. The molecule has 0 bridgehead atoms. The Morgan fingerprint density at radius 3 is 2.78 bits per heavy atom. The normalized spacial score (nSPS) is 10.1. The van der Waals surface area contributed by atoms with E-state index in [9.17, 15) is 9.18 Å². The Kier molecular flexibility index (Phi) is 6.84. The predicted octanol–water partition coefficient (Wildman–Crippen LogP) is 3.36. The van der Waals surface area contributed by atoms with Crippen LogP contribution in [0.4, 0.5) is 10.1 Å². The molecule has 0 aliphatic heterocycles. The minimum atomic E-state index is -0.232. The topological polar surface area (TPSA) is 38.3 Å². The van der Waals surface area contributed by atoms with Crippen LogP contribution in [0.2, 0.25) is 0 Å². The molecule has 1 rings (SSSR count). The van der Waals surface area contributed by atoms with Crippen LogP contribution in [0.15, 0.2) is 24.3 Å². The van der Waals surface area contributed by atoms with Crippen LogP contribution in [0.1, 0.15) is 32.6 Å². The van der Waals surface area contributed by atoms with Gasteiger partial charge in [0.1, 0.15) is 5.82 Å². The summed E-state index contributed by atoms with van der Waals surface area (Å²) in [6, 6.07) is 6.61. The summed E-state index contributed by atoms with van der Waals surface area (Å²) in [6.45, 7) is 2.95. The van der Waals surface area contributed by atoms with Gasteiger partial charge in [-0.2, -0.15) is 0 Å². The summed E-state index contributed by atoms with van der Waals surface area (Å²) in [5.74, 6) is -0.372. The molecule has 0 unspecified atom stereocenters. The largest absolute Gasteiger partial charge is 0.466 e. The zero-order chi connectivity index (χ0) is 13.2. The number of carbonyl (C=O) groups is 1. The van der Waals surface area contributed by atoms with E-state index in [1.807, 2.05) is 0 Å². The van der Waals surface area contributed by atoms with E-state index in [4.69, 9.17) is 4.74 Å². The molecule has 0 spiro atoms. The molecule has 0 aliphatic carbocycles. The number of unbranched alkanes of at least 4 members (excludes halogenated alkanes) is 2. The molecule has 0 aromatic heterocycles. The van der Waals surface area contributed by atoms with Crippen molar-refractivity contribution in [2.75, 3.05) is 18.5 Å². The summed E-state index contributed by atoms with van der Waals surface area (Å²) >= 11 is 0. The molecule has 0 fully saturated rings. The van der Waals surface area contributed by atoms with Crippen LogP contribution >= 0.6 is 0 Å². The third-order valence-electron chi connectivity index (χ3n) is 2.55. The molecule has 0 amide bonds. The highest BCUT2D eigenvalue weighted by atomic mass is 19.1. The predicted molar refractivity (Wildman–Crippen MR) is 70.0 cm³/mol. The summed E-state index contributed by atoms with van der Waals surface area (Å²) in [5.41, 5.74) is 0.530. The summed E-state index contributed by atoms with van der Waals surface area (Å²) in [4.78, 5) is 11.1. The third kappa shape index (κ3) is 5.66. The first-order chi connectivity index (χ1) is 8.74. The van der Waals surface area contributed by atoms with Gasteiger partial charge in [0, 0.05) is 13.0 Å². The number of hydrogen-bond acceptors (Lipinski definition) is 3. The first-order valence-electron chi connectivity index (χ1n) is 6.38. The van der Waals surface area contributed by atoms with Gasteiger partial charge >= 0.3 is 5.97 Å². The van der Waals surface area contributed by atoms with Gasteiger partial charge in [-0.05, 0) is 31.9 Å². The van der Waals surface area contributed by atoms with E-state index in [2.05, 4.69) is 5.32 Å². The fourth-order valence-electron chi connectivity index (χ4n) is 1.63. The van der Waals surface area contributed by atoms with Crippen LogP contribution < -0.4 is 5.32 Å². The average Bonchev–Trinajstić information content (AvgIpc) is 2.36. The maximum absolute atomic E-state index is 13.2. The highest BCUT2D eigenvalue weighted by Gasteiger charge is 2.01. The number of nitrogens with one attached hydrogen (secondary N) is 1. The Morgan fingerprint density at radius 1 is 1.28 bits per heavy atom. The molecule has 18 heavy (non-hydrogen) atoms. The second-order valence-corrected chi connectivity index (χ2v) is 4.02. The quantitative estimate of drug-likeness (QED) is 0.570. The molecule has 0 atom stereocenters. The SMILES string of the molecule is CCOC(=O)CCCCCNc1ccccc1F. The van der Waals surface area contributed by atoms with Gasteiger partial charge < -0.3 is 10.1 Å². The standard InChI is InChI=1S/C14H20FNO2/c1-2-18-14(17)10-4-3-7-11-16-13-9-6-5-8-12(13)15/h5-6,8-9,16H,2-4,7,10-11H2,1H3. The van der Waals surface area contributed by atoms with Crippen molar-refractivity contribution in [1.29, 1.82) is 0 Å². The smallest absolute Gasteiger partial charge is 0.305 e. The van der Waals surface area contributed by atoms with E-state index in [0.717, 1.165) is 19.3 Å². The van der Waals surface area contributed by atoms with Crippen molar-refractivity contribution in [2.24, 2.45) is 0 Å². The van der Waals surface area contributed by atoms with Crippen LogP contribution in [-0.2, 0) is 9.53 Å². The molecule has 1 aromatic carbocycles. The Labute approximate surface area is 107 Å². The van der Waals surface area contributed by atoms with Crippen molar-refractivity contribution in [3.8, 4) is 0 Å². The average molecular weight is 253 g/mol. The molecule has 4 heteroatoms. The van der Waals surface area contributed by atoms with Gasteiger partial charge in [0.2, 0.25) is 0 Å². The van der Waals surface area contributed by atoms with Crippen LogP contribution in [0.5, 0.6) is 0 Å². The Hall–Kier alpha value is -1.58. The third-order valence-corrected chi connectivity index (χ3v) is 2.55. The first kappa shape index (κ1) is 14.5. The molecule has 0 radical (unpaired) electrons. The first-order valence-corrected chi connectivity index (χ1v) is 6.38. The molecule has 0 heterocycles. The van der Waals surface area contributed by atoms with E-state index in [1.54, 1.807) is 25.1 Å². The number of rotatable bonds is 8. The molecular weight excluding hydrogens is 233 g/mol. The lowest BCUT2D eigenvalue weighted by Crippen LogP contribution is -2.05. The molecule has 0 saturated heterocycles. The number of halogens is 1. The Morgan fingerprint density at radius 2 is 2.06 bits per heavy atom. The van der Waals surface area contributed by atoms with Gasteiger partial charge in [0.25, 0.3) is 0 Å². The fraction of sp³-hybridized carbons (Fsp3) is 0.500. The van der Waals surface area contributed by atoms with Crippen molar-refractivity contribution < 1.29 is 13.9 Å². The highest BCUT2D eigenvalue weighted by Crippen LogP contribution is 2.12. The Balaban J connectivity index is 2.06. The van der Waals surface area contributed by atoms with Crippen molar-refractivity contribution >= 4 is 11.7 Å². The number of carbonyl (C=O) groups excluding carboxylic acids is 1. The highest BCUT2D eigenvalue weighted by molar-refractivity contribution is 5.69. The monoisotopic (exact) mass is 253 g/mol. The minimum absolute atomic E-state index is 0.139. The number of anilines is 1. The molecule has 1 N–H and O–H groups in total. The summed E-state index contributed by atoms with van der Waals surface area (Å²) in [6.07, 6.45) is 3.12. The van der Waals surface area contributed by atoms with Crippen LogP contribution in [0, 0.1) is 5.82 Å². The van der Waals surface area contributed by atoms with Gasteiger partial charge in [-0.3, -0.25) is 4.79 Å². The zero-order valence-corrected chi connectivity index (χ0v) is 10.7. The van der Waals surface area contributed by atoms with E-state index in [-0.39, 0.29) is 11.8 Å². The molecule has 100 valence electrons. The zero-order valence-electron chi connectivity index (χ0n) is 10.7. The van der Waals surface area contributed by atoms with E-state index in [1.165, 1.54) is 6.07 Å². The lowest BCUT2D eigenvalue weighted by Gasteiger charge is -2.07. The fourth-order valence-corrected chi connectivity index (χ4v) is 1.63. The van der Waals surface area contributed by atoms with E-state index < -0.39 is 0 Å². The lowest BCUT2D eigenvalue weighted by atomic mass is 10.2. The second kappa shape index (κ2) is 8.50. The van der Waals surface area contributed by atoms with Gasteiger partial charge in [-0.15, -0.1) is 0 Å². The van der Waals surface area contributed by atoms with Gasteiger partial charge in [0.05, 0.1) is 12.3 Å². The molecule has 0 aliphatic rings. The van der Waals surface area contributed by atoms with Crippen LogP contribution in [0.25, 0.3) is 0 Å². The lowest BCUT2D eigenvalue weighted by molar-refractivity contribution is -0.143. The van der Waals surface area contributed by atoms with Gasteiger partial charge in [-0.25, -0.2) is 4.39 Å². The number of esters is 1. The molecule has 0 saturated carbocycles. The Bertz CT molecular complexity index is 369. The van der Waals surface area contributed by atoms with Crippen molar-refractivity contribution in [2.45, 2.75) is 32.6 Å². The summed E-state index contributed by atoms with van der Waals surface area (Å²) < 4.78 is 18.1. The second-order valence-electron chi connectivity index (χ2n) is 4.02. The van der Waals surface area contributed by atoms with Crippen LogP contribution in [0.3, 0.4) is 0 Å². The van der Waals surface area contributed by atoms with Gasteiger partial charge in [-0.1, -0.05) is 18.6 Å². The van der Waals surface area contributed by atoms with Crippen molar-refractivity contribution in [1.82, 2.24) is 0 Å². The maximum Gasteiger partial charge on any atom is 0.305 e. The van der Waals surface area contributed by atoms with Gasteiger partial charge in [0.15, 0.2) is 0 Å². The molecular formula is C14H20FNO2. The summed E-state index contributed by atoms with van der Waals surface area (Å²) in [5, 5.41) is 3.04. The van der Waals surface area contributed by atoms with E-state index >= 15 is 0 Å².